The van der Waals surface area contributed by atoms with Crippen LogP contribution in [0.2, 0.25) is 0 Å². The second-order valence-electron chi connectivity index (χ2n) is 4.17. The molecule has 0 aromatic carbocycles. The van der Waals surface area contributed by atoms with Gasteiger partial charge in [-0.2, -0.15) is 0 Å². The molecule has 8 nitrogen and oxygen atoms in total. The maximum atomic E-state index is 11.4. The standard InChI is InChI=1S/C11H15N3O5/c1-6(11(16)17-2)14-3-8(9(12)15)10(13-14)19-7-4-18-5-7/h3,6-7H,4-5H2,1-2H3,(H2,12,15). The van der Waals surface area contributed by atoms with Crippen LogP contribution in [-0.4, -0.2) is 48.1 Å². The molecule has 0 spiro atoms. The van der Waals surface area contributed by atoms with Crippen LogP contribution in [0.4, 0.5) is 0 Å². The zero-order valence-corrected chi connectivity index (χ0v) is 10.7. The van der Waals surface area contributed by atoms with Crippen molar-refractivity contribution in [1.82, 2.24) is 9.78 Å². The van der Waals surface area contributed by atoms with Gasteiger partial charge in [0.25, 0.3) is 5.91 Å². The Hall–Kier alpha value is -2.09. The highest BCUT2D eigenvalue weighted by atomic mass is 16.6. The summed E-state index contributed by atoms with van der Waals surface area (Å²) in [5.74, 6) is -1.04. The molecule has 2 N–H and O–H groups in total. The summed E-state index contributed by atoms with van der Waals surface area (Å²) in [5, 5.41) is 4.06. The number of aromatic nitrogens is 2. The number of ether oxygens (including phenoxy) is 3. The Morgan fingerprint density at radius 1 is 1.58 bits per heavy atom. The number of esters is 1. The second kappa shape index (κ2) is 5.27. The minimum atomic E-state index is -0.668. The number of carbonyl (C=O) groups is 2. The maximum Gasteiger partial charge on any atom is 0.330 e. The summed E-state index contributed by atoms with van der Waals surface area (Å²) in [6.07, 6.45) is 1.23. The molecule has 1 amide bonds. The number of amides is 1. The Morgan fingerprint density at radius 2 is 2.26 bits per heavy atom. The molecule has 1 unspecified atom stereocenters. The lowest BCUT2D eigenvalue weighted by Crippen LogP contribution is -2.39. The highest BCUT2D eigenvalue weighted by molar-refractivity contribution is 5.95. The van der Waals surface area contributed by atoms with E-state index >= 15 is 0 Å². The van der Waals surface area contributed by atoms with Crippen molar-refractivity contribution in [2.24, 2.45) is 5.73 Å². The third-order valence-corrected chi connectivity index (χ3v) is 2.79. The van der Waals surface area contributed by atoms with Crippen LogP contribution < -0.4 is 10.5 Å². The van der Waals surface area contributed by atoms with Crippen LogP contribution >= 0.6 is 0 Å². The predicted molar refractivity (Wildman–Crippen MR) is 62.7 cm³/mol. The van der Waals surface area contributed by atoms with E-state index in [-0.39, 0.29) is 17.5 Å². The van der Waals surface area contributed by atoms with Crippen molar-refractivity contribution in [3.8, 4) is 5.88 Å². The number of nitrogens with two attached hydrogens (primary N) is 1. The highest BCUT2D eigenvalue weighted by Crippen LogP contribution is 2.21. The van der Waals surface area contributed by atoms with Crippen molar-refractivity contribution in [2.45, 2.75) is 19.1 Å². The lowest BCUT2D eigenvalue weighted by atomic mass is 10.3. The van der Waals surface area contributed by atoms with Crippen LogP contribution in [0.15, 0.2) is 6.20 Å². The summed E-state index contributed by atoms with van der Waals surface area (Å²) in [6, 6.07) is -0.668. The summed E-state index contributed by atoms with van der Waals surface area (Å²) < 4.78 is 16.3. The van der Waals surface area contributed by atoms with Crippen LogP contribution in [0, 0.1) is 0 Å². The average molecular weight is 269 g/mol. The number of primary amides is 1. The SMILES string of the molecule is COC(=O)C(C)n1cc(C(N)=O)c(OC2COC2)n1. The van der Waals surface area contributed by atoms with Gasteiger partial charge in [-0.1, -0.05) is 0 Å². The van der Waals surface area contributed by atoms with Gasteiger partial charge in [0.1, 0.15) is 17.7 Å². The molecular weight excluding hydrogens is 254 g/mol. The number of methoxy groups -OCH3 is 1. The molecule has 0 saturated carbocycles. The van der Waals surface area contributed by atoms with Crippen molar-refractivity contribution >= 4 is 11.9 Å². The fourth-order valence-electron chi connectivity index (χ4n) is 1.55. The summed E-state index contributed by atoms with van der Waals surface area (Å²) in [6.45, 7) is 2.48. The Balaban J connectivity index is 2.23. The first kappa shape index (κ1) is 13.3. The Labute approximate surface area is 109 Å². The van der Waals surface area contributed by atoms with Gasteiger partial charge >= 0.3 is 5.97 Å². The molecule has 1 saturated heterocycles. The molecule has 1 fully saturated rings. The van der Waals surface area contributed by atoms with Gasteiger partial charge in [-0.25, -0.2) is 4.79 Å². The van der Waals surface area contributed by atoms with Crippen LogP contribution in [0.25, 0.3) is 0 Å². The third kappa shape index (κ3) is 2.68. The first-order valence-corrected chi connectivity index (χ1v) is 5.74. The molecule has 1 aliphatic rings. The number of nitrogens with zero attached hydrogens (tertiary/aromatic N) is 2. The van der Waals surface area contributed by atoms with Crippen molar-refractivity contribution in [3.63, 3.8) is 0 Å². The van der Waals surface area contributed by atoms with Crippen LogP contribution in [0.3, 0.4) is 0 Å². The van der Waals surface area contributed by atoms with Gasteiger partial charge in [0.2, 0.25) is 5.88 Å². The van der Waals surface area contributed by atoms with Crippen molar-refractivity contribution in [1.29, 1.82) is 0 Å². The third-order valence-electron chi connectivity index (χ3n) is 2.79. The Morgan fingerprint density at radius 3 is 2.74 bits per heavy atom. The van der Waals surface area contributed by atoms with E-state index in [1.54, 1.807) is 6.92 Å². The number of hydrogen-bond donors (Lipinski definition) is 1. The quantitative estimate of drug-likeness (QED) is 0.722. The number of rotatable bonds is 5. The van der Waals surface area contributed by atoms with E-state index in [1.165, 1.54) is 18.0 Å². The van der Waals surface area contributed by atoms with Gasteiger partial charge < -0.3 is 19.9 Å². The minimum Gasteiger partial charge on any atom is -0.468 e. The van der Waals surface area contributed by atoms with E-state index in [2.05, 4.69) is 9.84 Å². The molecule has 0 radical (unpaired) electrons. The number of carbonyl (C=O) groups excluding carboxylic acids is 2. The molecule has 8 heteroatoms. The van der Waals surface area contributed by atoms with Crippen LogP contribution in [0.1, 0.15) is 23.3 Å². The molecule has 19 heavy (non-hydrogen) atoms. The van der Waals surface area contributed by atoms with Gasteiger partial charge in [-0.3, -0.25) is 9.48 Å². The molecule has 1 aromatic rings. The second-order valence-corrected chi connectivity index (χ2v) is 4.17. The first-order chi connectivity index (χ1) is 9.02. The van der Waals surface area contributed by atoms with E-state index < -0.39 is 17.9 Å². The van der Waals surface area contributed by atoms with Crippen molar-refractivity contribution < 1.29 is 23.8 Å². The van der Waals surface area contributed by atoms with E-state index in [0.29, 0.717) is 13.2 Å². The van der Waals surface area contributed by atoms with E-state index in [0.717, 1.165) is 0 Å². The maximum absolute atomic E-state index is 11.4. The van der Waals surface area contributed by atoms with Crippen molar-refractivity contribution in [3.05, 3.63) is 11.8 Å². The minimum absolute atomic E-state index is 0.108. The molecular formula is C11H15N3O5. The average Bonchev–Trinajstić information content (AvgIpc) is 2.76. The first-order valence-electron chi connectivity index (χ1n) is 5.74. The largest absolute Gasteiger partial charge is 0.468 e. The van der Waals surface area contributed by atoms with Gasteiger partial charge in [0, 0.05) is 6.20 Å². The summed E-state index contributed by atoms with van der Waals surface area (Å²) in [4.78, 5) is 22.8. The van der Waals surface area contributed by atoms with Gasteiger partial charge in [-0.05, 0) is 6.92 Å². The molecule has 104 valence electrons. The molecule has 1 aromatic heterocycles. The predicted octanol–water partition coefficient (Wildman–Crippen LogP) is -0.506. The van der Waals surface area contributed by atoms with E-state index in [4.69, 9.17) is 15.2 Å². The summed E-state index contributed by atoms with van der Waals surface area (Å²) in [5.41, 5.74) is 5.38. The smallest absolute Gasteiger partial charge is 0.330 e. The summed E-state index contributed by atoms with van der Waals surface area (Å²) in [7, 11) is 1.28. The van der Waals surface area contributed by atoms with E-state index in [9.17, 15) is 9.59 Å². The monoisotopic (exact) mass is 269 g/mol. The molecule has 1 aliphatic heterocycles. The molecule has 0 bridgehead atoms. The molecule has 2 rings (SSSR count). The van der Waals surface area contributed by atoms with Gasteiger partial charge in [-0.15, -0.1) is 5.10 Å². The van der Waals surface area contributed by atoms with Gasteiger partial charge in [0.15, 0.2) is 0 Å². The Kier molecular flexibility index (Phi) is 3.70. The highest BCUT2D eigenvalue weighted by Gasteiger charge is 2.27. The normalized spacial score (nSPS) is 16.5. The van der Waals surface area contributed by atoms with Crippen LogP contribution in [-0.2, 0) is 14.3 Å². The molecule has 1 atom stereocenters. The topological polar surface area (TPSA) is 106 Å². The zero-order chi connectivity index (χ0) is 14.0. The zero-order valence-electron chi connectivity index (χ0n) is 10.7. The lowest BCUT2D eigenvalue weighted by Gasteiger charge is -2.25. The van der Waals surface area contributed by atoms with Gasteiger partial charge in [0.05, 0.1) is 20.3 Å². The van der Waals surface area contributed by atoms with E-state index in [1.807, 2.05) is 0 Å². The molecule has 2 heterocycles. The number of hydrogen-bond acceptors (Lipinski definition) is 6. The lowest BCUT2D eigenvalue weighted by molar-refractivity contribution is -0.144. The fourth-order valence-corrected chi connectivity index (χ4v) is 1.55. The van der Waals surface area contributed by atoms with Crippen molar-refractivity contribution in [2.75, 3.05) is 20.3 Å². The van der Waals surface area contributed by atoms with Crippen LogP contribution in [0.5, 0.6) is 5.88 Å². The Bertz CT molecular complexity index is 495. The molecule has 0 aliphatic carbocycles. The summed E-state index contributed by atoms with van der Waals surface area (Å²) >= 11 is 0. The fraction of sp³-hybridized carbons (Fsp3) is 0.545.